The SMILES string of the molecule is COc1cc(C(=O)NNc2nc(C)cc(C)n2)ccc1OCc1ccc(Cl)cc1. The number of nitrogens with zero attached hydrogens (tertiary/aromatic N) is 2. The van der Waals surface area contributed by atoms with Crippen LogP contribution < -0.4 is 20.3 Å². The predicted octanol–water partition coefficient (Wildman–Crippen LogP) is 4.09. The van der Waals surface area contributed by atoms with Gasteiger partial charge in [-0.1, -0.05) is 23.7 Å². The summed E-state index contributed by atoms with van der Waals surface area (Å²) >= 11 is 5.89. The van der Waals surface area contributed by atoms with Crippen molar-refractivity contribution in [3.8, 4) is 11.5 Å². The number of carbonyl (C=O) groups excluding carboxylic acids is 1. The summed E-state index contributed by atoms with van der Waals surface area (Å²) in [6.45, 7) is 4.06. The molecule has 1 aromatic heterocycles. The Balaban J connectivity index is 1.65. The van der Waals surface area contributed by atoms with Crippen LogP contribution >= 0.6 is 11.6 Å². The fraction of sp³-hybridized carbons (Fsp3) is 0.190. The lowest BCUT2D eigenvalue weighted by Gasteiger charge is -2.13. The minimum Gasteiger partial charge on any atom is -0.493 e. The Morgan fingerprint density at radius 3 is 2.34 bits per heavy atom. The summed E-state index contributed by atoms with van der Waals surface area (Å²) < 4.78 is 11.2. The third kappa shape index (κ3) is 5.58. The van der Waals surface area contributed by atoms with Crippen molar-refractivity contribution in [2.75, 3.05) is 12.5 Å². The molecule has 0 saturated heterocycles. The van der Waals surface area contributed by atoms with E-state index >= 15 is 0 Å². The maximum absolute atomic E-state index is 12.4. The molecule has 0 spiro atoms. The number of ether oxygens (including phenoxy) is 2. The molecule has 0 aliphatic rings. The van der Waals surface area contributed by atoms with Crippen LogP contribution in [0, 0.1) is 13.8 Å². The van der Waals surface area contributed by atoms with Crippen LogP contribution in [0.3, 0.4) is 0 Å². The highest BCUT2D eigenvalue weighted by Gasteiger charge is 2.12. The minimum absolute atomic E-state index is 0.325. The van der Waals surface area contributed by atoms with Gasteiger partial charge in [0, 0.05) is 22.0 Å². The lowest BCUT2D eigenvalue weighted by Crippen LogP contribution is -2.30. The second-order valence-corrected chi connectivity index (χ2v) is 6.77. The highest BCUT2D eigenvalue weighted by molar-refractivity contribution is 6.30. The summed E-state index contributed by atoms with van der Waals surface area (Å²) in [7, 11) is 1.52. The number of aryl methyl sites for hydroxylation is 2. The lowest BCUT2D eigenvalue weighted by molar-refractivity contribution is 0.0961. The normalized spacial score (nSPS) is 10.3. The Labute approximate surface area is 174 Å². The number of hydrazine groups is 1. The van der Waals surface area contributed by atoms with E-state index in [1.54, 1.807) is 30.3 Å². The Morgan fingerprint density at radius 1 is 1.00 bits per heavy atom. The molecule has 0 atom stereocenters. The van der Waals surface area contributed by atoms with Crippen molar-refractivity contribution in [2.45, 2.75) is 20.5 Å². The van der Waals surface area contributed by atoms with Crippen molar-refractivity contribution < 1.29 is 14.3 Å². The summed E-state index contributed by atoms with van der Waals surface area (Å²) in [5.41, 5.74) is 8.28. The first kappa shape index (κ1) is 20.4. The van der Waals surface area contributed by atoms with Gasteiger partial charge < -0.3 is 9.47 Å². The first-order chi connectivity index (χ1) is 13.9. The maximum Gasteiger partial charge on any atom is 0.269 e. The topological polar surface area (TPSA) is 85.4 Å². The number of rotatable bonds is 7. The number of benzene rings is 2. The van der Waals surface area contributed by atoms with E-state index in [0.717, 1.165) is 17.0 Å². The zero-order chi connectivity index (χ0) is 20.8. The summed E-state index contributed by atoms with van der Waals surface area (Å²) in [5.74, 6) is 0.958. The van der Waals surface area contributed by atoms with E-state index in [0.29, 0.717) is 34.6 Å². The minimum atomic E-state index is -0.352. The standard InChI is InChI=1S/C21H21ClN4O3/c1-13-10-14(2)24-21(23-13)26-25-20(27)16-6-9-18(19(11-16)28-3)29-12-15-4-7-17(22)8-5-15/h4-11H,12H2,1-3H3,(H,25,27)(H,23,24,26). The number of aromatic nitrogens is 2. The molecule has 0 radical (unpaired) electrons. The van der Waals surface area contributed by atoms with Crippen LogP contribution in [0.25, 0.3) is 0 Å². The van der Waals surface area contributed by atoms with Crippen LogP contribution in [0.15, 0.2) is 48.5 Å². The van der Waals surface area contributed by atoms with Crippen molar-refractivity contribution in [1.82, 2.24) is 15.4 Å². The Kier molecular flexibility index (Phi) is 6.51. The van der Waals surface area contributed by atoms with Crippen molar-refractivity contribution in [3.63, 3.8) is 0 Å². The summed E-state index contributed by atoms with van der Waals surface area (Å²) in [6.07, 6.45) is 0. The second kappa shape index (κ2) is 9.25. The first-order valence-corrected chi connectivity index (χ1v) is 9.26. The van der Waals surface area contributed by atoms with E-state index in [9.17, 15) is 4.79 Å². The largest absolute Gasteiger partial charge is 0.493 e. The number of carbonyl (C=O) groups is 1. The van der Waals surface area contributed by atoms with Gasteiger partial charge in [0.1, 0.15) is 6.61 Å². The van der Waals surface area contributed by atoms with E-state index in [1.807, 2.05) is 32.0 Å². The molecule has 7 nitrogen and oxygen atoms in total. The molecule has 3 aromatic rings. The number of hydrogen-bond donors (Lipinski definition) is 2. The molecule has 8 heteroatoms. The third-order valence-electron chi connectivity index (χ3n) is 4.00. The van der Waals surface area contributed by atoms with Crippen LogP contribution in [-0.4, -0.2) is 23.0 Å². The molecule has 0 bridgehead atoms. The van der Waals surface area contributed by atoms with Gasteiger partial charge in [-0.2, -0.15) is 0 Å². The molecule has 0 fully saturated rings. The smallest absolute Gasteiger partial charge is 0.269 e. The van der Waals surface area contributed by atoms with Crippen LogP contribution in [0.5, 0.6) is 11.5 Å². The van der Waals surface area contributed by atoms with Crippen LogP contribution in [0.2, 0.25) is 5.02 Å². The molecule has 2 N–H and O–H groups in total. The van der Waals surface area contributed by atoms with Crippen LogP contribution in [-0.2, 0) is 6.61 Å². The van der Waals surface area contributed by atoms with Gasteiger partial charge in [0.25, 0.3) is 5.91 Å². The quantitative estimate of drug-likeness (QED) is 0.568. The van der Waals surface area contributed by atoms with Gasteiger partial charge in [-0.3, -0.25) is 15.6 Å². The Morgan fingerprint density at radius 2 is 1.69 bits per heavy atom. The van der Waals surface area contributed by atoms with Gasteiger partial charge in [-0.15, -0.1) is 0 Å². The van der Waals surface area contributed by atoms with Crippen molar-refractivity contribution in [2.24, 2.45) is 0 Å². The molecule has 29 heavy (non-hydrogen) atoms. The van der Waals surface area contributed by atoms with Crippen LogP contribution in [0.1, 0.15) is 27.3 Å². The molecule has 1 amide bonds. The fourth-order valence-electron chi connectivity index (χ4n) is 2.64. The number of halogens is 1. The molecule has 2 aromatic carbocycles. The van der Waals surface area contributed by atoms with E-state index in [1.165, 1.54) is 7.11 Å². The zero-order valence-corrected chi connectivity index (χ0v) is 17.1. The predicted molar refractivity (Wildman–Crippen MR) is 111 cm³/mol. The van der Waals surface area contributed by atoms with E-state index < -0.39 is 0 Å². The Bertz CT molecular complexity index is 989. The molecule has 0 saturated carbocycles. The molecule has 1 heterocycles. The van der Waals surface area contributed by atoms with Gasteiger partial charge in [0.05, 0.1) is 7.11 Å². The first-order valence-electron chi connectivity index (χ1n) is 8.88. The summed E-state index contributed by atoms with van der Waals surface area (Å²) in [5, 5.41) is 0.668. The molecule has 3 rings (SSSR count). The molecule has 0 aliphatic carbocycles. The van der Waals surface area contributed by atoms with Crippen molar-refractivity contribution in [3.05, 3.63) is 76.1 Å². The highest BCUT2D eigenvalue weighted by Crippen LogP contribution is 2.29. The average molecular weight is 413 g/mol. The number of methoxy groups -OCH3 is 1. The lowest BCUT2D eigenvalue weighted by atomic mass is 10.2. The average Bonchev–Trinajstić information content (AvgIpc) is 2.71. The van der Waals surface area contributed by atoms with Gasteiger partial charge in [0.2, 0.25) is 5.95 Å². The van der Waals surface area contributed by atoms with Gasteiger partial charge in [-0.05, 0) is 55.8 Å². The summed E-state index contributed by atoms with van der Waals surface area (Å²) in [4.78, 5) is 20.9. The third-order valence-corrected chi connectivity index (χ3v) is 4.26. The van der Waals surface area contributed by atoms with E-state index in [-0.39, 0.29) is 5.91 Å². The van der Waals surface area contributed by atoms with Crippen molar-refractivity contribution in [1.29, 1.82) is 0 Å². The molecule has 150 valence electrons. The van der Waals surface area contributed by atoms with Crippen molar-refractivity contribution >= 4 is 23.5 Å². The van der Waals surface area contributed by atoms with E-state index in [2.05, 4.69) is 20.8 Å². The Hall–Kier alpha value is -3.32. The number of amides is 1. The highest BCUT2D eigenvalue weighted by atomic mass is 35.5. The maximum atomic E-state index is 12.4. The van der Waals surface area contributed by atoms with Crippen LogP contribution in [0.4, 0.5) is 5.95 Å². The second-order valence-electron chi connectivity index (χ2n) is 6.33. The zero-order valence-electron chi connectivity index (χ0n) is 16.3. The summed E-state index contributed by atoms with van der Waals surface area (Å²) in [6, 6.07) is 14.2. The van der Waals surface area contributed by atoms with Gasteiger partial charge in [0.15, 0.2) is 11.5 Å². The van der Waals surface area contributed by atoms with E-state index in [4.69, 9.17) is 21.1 Å². The molecular formula is C21H21ClN4O3. The monoisotopic (exact) mass is 412 g/mol. The molecule has 0 aliphatic heterocycles. The van der Waals surface area contributed by atoms with Gasteiger partial charge >= 0.3 is 0 Å². The number of hydrogen-bond acceptors (Lipinski definition) is 6. The fourth-order valence-corrected chi connectivity index (χ4v) is 2.76. The molecule has 0 unspecified atom stereocenters. The number of nitrogens with one attached hydrogen (secondary N) is 2. The number of anilines is 1. The van der Waals surface area contributed by atoms with Gasteiger partial charge in [-0.25, -0.2) is 9.97 Å². The molecular weight excluding hydrogens is 392 g/mol.